The first-order valence-corrected chi connectivity index (χ1v) is 14.5. The van der Waals surface area contributed by atoms with Crippen molar-refractivity contribution >= 4 is 17.6 Å². The molecule has 1 aromatic rings. The lowest BCUT2D eigenvalue weighted by molar-refractivity contribution is -0.140. The number of esters is 1. The van der Waals surface area contributed by atoms with Gasteiger partial charge >= 0.3 is 5.97 Å². The number of benzene rings is 1. The Bertz CT molecular complexity index is 721. The lowest BCUT2D eigenvalue weighted by atomic mass is 9.60. The Morgan fingerprint density at radius 3 is 2.12 bits per heavy atom. The molecule has 3 fully saturated rings. The fourth-order valence-electron chi connectivity index (χ4n) is 7.28. The standard InChI is InChI=1S/C30H45ClO2/c1-2-3-4-5-6-7-22-8-9-27-21-26(15-14-25(27)20-22)23-10-12-24(13-11-23)30(32)33-29-18-16-28(31)17-19-29/h16-19,22-27H,2-15,20-21H2,1H3. The molecule has 0 bridgehead atoms. The molecule has 0 heterocycles. The van der Waals surface area contributed by atoms with E-state index in [1.54, 1.807) is 24.3 Å². The molecular formula is C30H45ClO2. The van der Waals surface area contributed by atoms with Gasteiger partial charge in [-0.2, -0.15) is 0 Å². The molecule has 0 radical (unpaired) electrons. The van der Waals surface area contributed by atoms with Gasteiger partial charge in [-0.1, -0.05) is 63.5 Å². The summed E-state index contributed by atoms with van der Waals surface area (Å²) in [6.07, 6.45) is 21.9. The van der Waals surface area contributed by atoms with E-state index >= 15 is 0 Å². The van der Waals surface area contributed by atoms with Crippen LogP contribution in [-0.4, -0.2) is 5.97 Å². The quantitative estimate of drug-likeness (QED) is 0.203. The van der Waals surface area contributed by atoms with Gasteiger partial charge in [-0.05, 0) is 112 Å². The fourth-order valence-corrected chi connectivity index (χ4v) is 7.40. The van der Waals surface area contributed by atoms with E-state index in [1.807, 2.05) is 0 Å². The summed E-state index contributed by atoms with van der Waals surface area (Å²) in [6, 6.07) is 7.12. The Morgan fingerprint density at radius 1 is 0.788 bits per heavy atom. The van der Waals surface area contributed by atoms with Crippen molar-refractivity contribution in [2.24, 2.45) is 35.5 Å². The zero-order chi connectivity index (χ0) is 23.0. The Morgan fingerprint density at radius 2 is 1.39 bits per heavy atom. The molecule has 3 aliphatic rings. The van der Waals surface area contributed by atoms with Gasteiger partial charge in [0.1, 0.15) is 5.75 Å². The van der Waals surface area contributed by atoms with Crippen LogP contribution in [0.3, 0.4) is 0 Å². The number of hydrogen-bond donors (Lipinski definition) is 0. The molecule has 0 saturated heterocycles. The number of hydrogen-bond acceptors (Lipinski definition) is 2. The Balaban J connectivity index is 1.16. The molecule has 0 aliphatic heterocycles. The van der Waals surface area contributed by atoms with Crippen LogP contribution in [0.5, 0.6) is 5.75 Å². The lowest BCUT2D eigenvalue weighted by Crippen LogP contribution is -2.35. The second-order valence-corrected chi connectivity index (χ2v) is 11.9. The van der Waals surface area contributed by atoms with Gasteiger partial charge < -0.3 is 4.74 Å². The molecule has 3 heteroatoms. The molecule has 3 saturated carbocycles. The van der Waals surface area contributed by atoms with E-state index in [9.17, 15) is 4.79 Å². The topological polar surface area (TPSA) is 26.3 Å². The summed E-state index contributed by atoms with van der Waals surface area (Å²) >= 11 is 5.93. The van der Waals surface area contributed by atoms with Crippen LogP contribution in [-0.2, 0) is 4.79 Å². The number of rotatable bonds is 9. The third-order valence-corrected chi connectivity index (χ3v) is 9.53. The van der Waals surface area contributed by atoms with E-state index < -0.39 is 0 Å². The van der Waals surface area contributed by atoms with Crippen LogP contribution >= 0.6 is 11.6 Å². The Labute approximate surface area is 207 Å². The molecule has 0 amide bonds. The van der Waals surface area contributed by atoms with Gasteiger partial charge in [0.25, 0.3) is 0 Å². The molecule has 184 valence electrons. The number of ether oxygens (including phenoxy) is 1. The summed E-state index contributed by atoms with van der Waals surface area (Å²) < 4.78 is 5.62. The third kappa shape index (κ3) is 7.23. The number of unbranched alkanes of at least 4 members (excludes halogenated alkanes) is 4. The van der Waals surface area contributed by atoms with Gasteiger partial charge in [-0.15, -0.1) is 0 Å². The molecule has 4 atom stereocenters. The third-order valence-electron chi connectivity index (χ3n) is 9.28. The van der Waals surface area contributed by atoms with E-state index in [0.29, 0.717) is 10.8 Å². The van der Waals surface area contributed by atoms with E-state index in [2.05, 4.69) is 6.92 Å². The van der Waals surface area contributed by atoms with Crippen molar-refractivity contribution in [3.63, 3.8) is 0 Å². The summed E-state index contributed by atoms with van der Waals surface area (Å²) in [7, 11) is 0. The van der Waals surface area contributed by atoms with Gasteiger partial charge in [-0.25, -0.2) is 0 Å². The first-order valence-electron chi connectivity index (χ1n) is 14.1. The minimum atomic E-state index is -0.0486. The average molecular weight is 473 g/mol. The predicted octanol–water partition coefficient (Wildman–Crippen LogP) is 9.24. The summed E-state index contributed by atoms with van der Waals surface area (Å²) in [5.41, 5.74) is 0. The van der Waals surface area contributed by atoms with E-state index in [4.69, 9.17) is 16.3 Å². The zero-order valence-corrected chi connectivity index (χ0v) is 21.5. The molecule has 0 aromatic heterocycles. The second kappa shape index (κ2) is 12.6. The van der Waals surface area contributed by atoms with Crippen LogP contribution in [0.4, 0.5) is 0 Å². The van der Waals surface area contributed by atoms with Crippen molar-refractivity contribution in [2.75, 3.05) is 0 Å². The molecule has 4 rings (SSSR count). The summed E-state index contributed by atoms with van der Waals surface area (Å²) in [4.78, 5) is 12.6. The lowest BCUT2D eigenvalue weighted by Gasteiger charge is -2.45. The summed E-state index contributed by atoms with van der Waals surface area (Å²) in [5.74, 6) is 5.40. The van der Waals surface area contributed by atoms with Crippen LogP contribution in [0, 0.1) is 35.5 Å². The maximum atomic E-state index is 12.6. The first-order chi connectivity index (χ1) is 16.1. The highest BCUT2D eigenvalue weighted by molar-refractivity contribution is 6.30. The Kier molecular flexibility index (Phi) is 9.59. The van der Waals surface area contributed by atoms with Crippen LogP contribution < -0.4 is 4.74 Å². The van der Waals surface area contributed by atoms with Gasteiger partial charge in [0.15, 0.2) is 0 Å². The van der Waals surface area contributed by atoms with Crippen LogP contribution in [0.1, 0.15) is 110 Å². The number of carbonyl (C=O) groups is 1. The molecule has 3 aliphatic carbocycles. The van der Waals surface area contributed by atoms with Gasteiger partial charge in [0, 0.05) is 5.02 Å². The molecule has 1 aromatic carbocycles. The van der Waals surface area contributed by atoms with Crippen LogP contribution in [0.25, 0.3) is 0 Å². The molecule has 0 N–H and O–H groups in total. The SMILES string of the molecule is CCCCCCCC1CCC2CC(C3CCC(C(=O)Oc4ccc(Cl)cc4)CC3)CCC2C1. The molecule has 2 nitrogen and oxygen atoms in total. The smallest absolute Gasteiger partial charge is 0.314 e. The van der Waals surface area contributed by atoms with Gasteiger partial charge in [-0.3, -0.25) is 4.79 Å². The van der Waals surface area contributed by atoms with E-state index in [0.717, 1.165) is 42.4 Å². The van der Waals surface area contributed by atoms with Crippen molar-refractivity contribution in [1.82, 2.24) is 0 Å². The molecule has 33 heavy (non-hydrogen) atoms. The van der Waals surface area contributed by atoms with Crippen LogP contribution in [0.2, 0.25) is 5.02 Å². The number of halogens is 1. The van der Waals surface area contributed by atoms with Gasteiger partial charge in [0.2, 0.25) is 0 Å². The maximum absolute atomic E-state index is 12.6. The summed E-state index contributed by atoms with van der Waals surface area (Å²) in [6.45, 7) is 2.31. The van der Waals surface area contributed by atoms with Crippen molar-refractivity contribution in [2.45, 2.75) is 110 Å². The average Bonchev–Trinajstić information content (AvgIpc) is 2.85. The minimum Gasteiger partial charge on any atom is -0.426 e. The Hall–Kier alpha value is -1.02. The van der Waals surface area contributed by atoms with Crippen molar-refractivity contribution in [3.05, 3.63) is 29.3 Å². The molecule has 0 spiro atoms. The van der Waals surface area contributed by atoms with Crippen molar-refractivity contribution in [3.8, 4) is 5.75 Å². The van der Waals surface area contributed by atoms with E-state index in [-0.39, 0.29) is 11.9 Å². The highest BCUT2D eigenvalue weighted by Gasteiger charge is 2.39. The molecule has 4 unspecified atom stereocenters. The van der Waals surface area contributed by atoms with Gasteiger partial charge in [0.05, 0.1) is 5.92 Å². The zero-order valence-electron chi connectivity index (χ0n) is 20.8. The highest BCUT2D eigenvalue weighted by atomic mass is 35.5. The molecular weight excluding hydrogens is 428 g/mol. The normalized spacial score (nSPS) is 32.2. The minimum absolute atomic E-state index is 0.0486. The van der Waals surface area contributed by atoms with Crippen LogP contribution in [0.15, 0.2) is 24.3 Å². The van der Waals surface area contributed by atoms with E-state index in [1.165, 1.54) is 89.9 Å². The fraction of sp³-hybridized carbons (Fsp3) is 0.767. The van der Waals surface area contributed by atoms with Crippen molar-refractivity contribution < 1.29 is 9.53 Å². The first kappa shape index (κ1) is 25.1. The maximum Gasteiger partial charge on any atom is 0.314 e. The monoisotopic (exact) mass is 472 g/mol. The number of carbonyl (C=O) groups excluding carboxylic acids is 1. The van der Waals surface area contributed by atoms with Crippen molar-refractivity contribution in [1.29, 1.82) is 0 Å². The highest BCUT2D eigenvalue weighted by Crippen LogP contribution is 2.49. The largest absolute Gasteiger partial charge is 0.426 e. The second-order valence-electron chi connectivity index (χ2n) is 11.5. The number of fused-ring (bicyclic) bond motifs is 1. The predicted molar refractivity (Wildman–Crippen MR) is 138 cm³/mol. The summed E-state index contributed by atoms with van der Waals surface area (Å²) in [5, 5.41) is 0.668.